The number of anilines is 1. The van der Waals surface area contributed by atoms with Crippen LogP contribution in [0.4, 0.5) is 18.9 Å². The molecule has 0 aliphatic carbocycles. The largest absolute Gasteiger partial charge is 0.471 e. The van der Waals surface area contributed by atoms with Gasteiger partial charge in [-0.25, -0.2) is 0 Å². The highest BCUT2D eigenvalue weighted by molar-refractivity contribution is 9.10. The Morgan fingerprint density at radius 1 is 1.26 bits per heavy atom. The van der Waals surface area contributed by atoms with Gasteiger partial charge in [0.25, 0.3) is 0 Å². The van der Waals surface area contributed by atoms with Crippen LogP contribution >= 0.6 is 15.9 Å². The Balaban J connectivity index is 2.34. The topological polar surface area (TPSA) is 37.4 Å². The van der Waals surface area contributed by atoms with Crippen molar-refractivity contribution in [2.75, 3.05) is 11.4 Å². The van der Waals surface area contributed by atoms with Gasteiger partial charge in [-0.2, -0.15) is 13.2 Å². The molecule has 23 heavy (non-hydrogen) atoms. The van der Waals surface area contributed by atoms with Crippen LogP contribution in [0, 0.1) is 5.92 Å². The van der Waals surface area contributed by atoms with Gasteiger partial charge in [-0.15, -0.1) is 0 Å². The highest BCUT2D eigenvalue weighted by Crippen LogP contribution is 2.32. The number of aryl methyl sites for hydroxylation is 1. The average molecular weight is 392 g/mol. The number of alkyl halides is 4. The molecule has 1 heterocycles. The van der Waals surface area contributed by atoms with E-state index in [0.29, 0.717) is 24.0 Å². The van der Waals surface area contributed by atoms with Gasteiger partial charge in [0, 0.05) is 17.8 Å². The van der Waals surface area contributed by atoms with Crippen molar-refractivity contribution >= 4 is 33.3 Å². The number of ketones is 1. The first-order chi connectivity index (χ1) is 10.6. The molecule has 1 aromatic rings. The monoisotopic (exact) mass is 391 g/mol. The summed E-state index contributed by atoms with van der Waals surface area (Å²) in [6.07, 6.45) is -3.91. The van der Waals surface area contributed by atoms with Gasteiger partial charge in [-0.1, -0.05) is 29.8 Å². The second-order valence-corrected chi connectivity index (χ2v) is 6.90. The number of Topliss-reactive ketones (excluding diaryl/α,β-unsaturated/α-hetero) is 1. The molecule has 0 spiro atoms. The number of carbonyl (C=O) groups is 2. The average Bonchev–Trinajstić information content (AvgIpc) is 2.50. The summed E-state index contributed by atoms with van der Waals surface area (Å²) in [7, 11) is 0. The lowest BCUT2D eigenvalue weighted by molar-refractivity contribution is -0.170. The van der Waals surface area contributed by atoms with Crippen molar-refractivity contribution in [1.82, 2.24) is 0 Å². The fraction of sp³-hybridized carbons (Fsp3) is 0.500. The predicted molar refractivity (Wildman–Crippen MR) is 85.1 cm³/mol. The Hall–Kier alpha value is -1.37. The second-order valence-electron chi connectivity index (χ2n) is 5.91. The zero-order valence-electron chi connectivity index (χ0n) is 12.8. The lowest BCUT2D eigenvalue weighted by Gasteiger charge is -2.30. The molecule has 1 unspecified atom stereocenters. The van der Waals surface area contributed by atoms with Crippen LogP contribution in [0.5, 0.6) is 0 Å². The number of hydrogen-bond acceptors (Lipinski definition) is 2. The van der Waals surface area contributed by atoms with Gasteiger partial charge in [0.2, 0.25) is 0 Å². The molecule has 1 aliphatic heterocycles. The van der Waals surface area contributed by atoms with Gasteiger partial charge in [0.05, 0.1) is 4.83 Å². The summed E-state index contributed by atoms with van der Waals surface area (Å²) in [5.41, 5.74) is 1.29. The lowest BCUT2D eigenvalue weighted by Crippen LogP contribution is -2.43. The minimum atomic E-state index is -4.90. The van der Waals surface area contributed by atoms with Gasteiger partial charge in [-0.3, -0.25) is 9.59 Å². The molecular weight excluding hydrogens is 375 g/mol. The summed E-state index contributed by atoms with van der Waals surface area (Å²) in [4.78, 5) is 24.3. The highest BCUT2D eigenvalue weighted by atomic mass is 79.9. The van der Waals surface area contributed by atoms with E-state index in [0.717, 1.165) is 4.90 Å². The molecule has 1 amide bonds. The van der Waals surface area contributed by atoms with Crippen LogP contribution in [0.3, 0.4) is 0 Å². The summed E-state index contributed by atoms with van der Waals surface area (Å²) in [5, 5.41) is 0. The Labute approximate surface area is 141 Å². The maximum Gasteiger partial charge on any atom is 0.471 e. The summed E-state index contributed by atoms with van der Waals surface area (Å²) in [6.45, 7) is 3.84. The van der Waals surface area contributed by atoms with Gasteiger partial charge >= 0.3 is 12.1 Å². The van der Waals surface area contributed by atoms with Crippen molar-refractivity contribution < 1.29 is 22.8 Å². The number of rotatable bonds is 3. The summed E-state index contributed by atoms with van der Waals surface area (Å²) < 4.78 is 38.0. The molecule has 1 aromatic carbocycles. The fourth-order valence-electron chi connectivity index (χ4n) is 2.58. The van der Waals surface area contributed by atoms with Crippen LogP contribution in [0.25, 0.3) is 0 Å². The SMILES string of the molecule is CC(C)C(Br)C(=O)c1ccc2c(c1)CCCN2C(=O)C(F)(F)F. The fourth-order valence-corrected chi connectivity index (χ4v) is 2.84. The van der Waals surface area contributed by atoms with Crippen molar-refractivity contribution in [2.24, 2.45) is 5.92 Å². The van der Waals surface area contributed by atoms with E-state index in [4.69, 9.17) is 0 Å². The van der Waals surface area contributed by atoms with E-state index < -0.39 is 12.1 Å². The Morgan fingerprint density at radius 2 is 1.91 bits per heavy atom. The van der Waals surface area contributed by atoms with Crippen LogP contribution in [-0.2, 0) is 11.2 Å². The summed E-state index contributed by atoms with van der Waals surface area (Å²) in [5.74, 6) is -1.87. The molecule has 0 saturated heterocycles. The number of benzene rings is 1. The maximum atomic E-state index is 12.7. The molecule has 0 N–H and O–H groups in total. The molecule has 0 saturated carbocycles. The minimum Gasteiger partial charge on any atom is -0.304 e. The van der Waals surface area contributed by atoms with E-state index in [1.807, 2.05) is 13.8 Å². The van der Waals surface area contributed by atoms with Crippen LogP contribution < -0.4 is 4.90 Å². The number of nitrogens with zero attached hydrogens (tertiary/aromatic N) is 1. The number of hydrogen-bond donors (Lipinski definition) is 0. The molecule has 0 aromatic heterocycles. The summed E-state index contributed by atoms with van der Waals surface area (Å²) in [6, 6.07) is 4.52. The standard InChI is InChI=1S/C16H17BrF3NO2/c1-9(2)13(17)14(22)11-5-6-12-10(8-11)4-3-7-21(12)15(23)16(18,19)20/h5-6,8-9,13H,3-4,7H2,1-2H3. The van der Waals surface area contributed by atoms with E-state index in [1.54, 1.807) is 6.07 Å². The smallest absolute Gasteiger partial charge is 0.304 e. The van der Waals surface area contributed by atoms with E-state index in [-0.39, 0.29) is 28.8 Å². The van der Waals surface area contributed by atoms with Gasteiger partial charge in [0.15, 0.2) is 5.78 Å². The van der Waals surface area contributed by atoms with Gasteiger partial charge in [0.1, 0.15) is 0 Å². The minimum absolute atomic E-state index is 0.0334. The number of amides is 1. The highest BCUT2D eigenvalue weighted by Gasteiger charge is 2.44. The maximum absolute atomic E-state index is 12.7. The molecule has 1 aliphatic rings. The zero-order valence-corrected chi connectivity index (χ0v) is 14.4. The van der Waals surface area contributed by atoms with Crippen LogP contribution in [0.2, 0.25) is 0 Å². The molecule has 126 valence electrons. The number of carbonyl (C=O) groups excluding carboxylic acids is 2. The normalized spacial score (nSPS) is 16.2. The van der Waals surface area contributed by atoms with Crippen molar-refractivity contribution in [3.8, 4) is 0 Å². The van der Waals surface area contributed by atoms with E-state index in [2.05, 4.69) is 15.9 Å². The Bertz CT molecular complexity index is 628. The van der Waals surface area contributed by atoms with Crippen LogP contribution in [-0.4, -0.2) is 29.2 Å². The molecule has 0 bridgehead atoms. The van der Waals surface area contributed by atoms with E-state index in [9.17, 15) is 22.8 Å². The Morgan fingerprint density at radius 3 is 2.48 bits per heavy atom. The molecule has 0 fully saturated rings. The van der Waals surface area contributed by atoms with Crippen molar-refractivity contribution in [3.05, 3.63) is 29.3 Å². The quantitative estimate of drug-likeness (QED) is 0.573. The van der Waals surface area contributed by atoms with Gasteiger partial charge < -0.3 is 4.90 Å². The zero-order chi connectivity index (χ0) is 17.4. The van der Waals surface area contributed by atoms with Crippen molar-refractivity contribution in [2.45, 2.75) is 37.7 Å². The first-order valence-electron chi connectivity index (χ1n) is 7.33. The third kappa shape index (κ3) is 3.76. The van der Waals surface area contributed by atoms with Crippen molar-refractivity contribution in [1.29, 1.82) is 0 Å². The number of halogens is 4. The molecular formula is C16H17BrF3NO2. The molecule has 0 radical (unpaired) electrons. The third-order valence-corrected chi connectivity index (χ3v) is 5.28. The Kier molecular flexibility index (Phi) is 5.18. The summed E-state index contributed by atoms with van der Waals surface area (Å²) >= 11 is 3.34. The lowest BCUT2D eigenvalue weighted by atomic mass is 9.95. The van der Waals surface area contributed by atoms with Crippen LogP contribution in [0.1, 0.15) is 36.2 Å². The molecule has 7 heteroatoms. The third-order valence-electron chi connectivity index (χ3n) is 3.81. The molecule has 1 atom stereocenters. The van der Waals surface area contributed by atoms with Crippen LogP contribution in [0.15, 0.2) is 18.2 Å². The number of fused-ring (bicyclic) bond motifs is 1. The van der Waals surface area contributed by atoms with E-state index >= 15 is 0 Å². The molecule has 3 nitrogen and oxygen atoms in total. The second kappa shape index (κ2) is 6.63. The first kappa shape index (κ1) is 18.0. The van der Waals surface area contributed by atoms with E-state index in [1.165, 1.54) is 12.1 Å². The predicted octanol–water partition coefficient (Wildman–Crippen LogP) is 4.13. The van der Waals surface area contributed by atoms with Gasteiger partial charge in [-0.05, 0) is 42.5 Å². The molecule has 2 rings (SSSR count). The first-order valence-corrected chi connectivity index (χ1v) is 8.24. The van der Waals surface area contributed by atoms with Crippen molar-refractivity contribution in [3.63, 3.8) is 0 Å².